The van der Waals surface area contributed by atoms with E-state index in [1.54, 1.807) is 18.5 Å². The summed E-state index contributed by atoms with van der Waals surface area (Å²) in [5.41, 5.74) is 0.613. The number of terminal acetylenes is 1. The minimum Gasteiger partial charge on any atom is -0.393 e. The number of hydrogen-bond acceptors (Lipinski definition) is 7. The molecule has 1 saturated carbocycles. The molecule has 0 bridgehead atoms. The van der Waals surface area contributed by atoms with Crippen LogP contribution in [0.2, 0.25) is 0 Å². The lowest BCUT2D eigenvalue weighted by molar-refractivity contribution is 0.0984. The summed E-state index contributed by atoms with van der Waals surface area (Å²) >= 11 is 1.35. The molecule has 0 radical (unpaired) electrons. The molecular weight excluding hydrogens is 350 g/mol. The summed E-state index contributed by atoms with van der Waals surface area (Å²) in [5, 5.41) is 25.9. The molecule has 0 amide bonds. The standard InChI is InChI=1S/C18H17N5O2S/c1-2-11-9-19-17(15-6-5-14(26-15)13(25)10-24)21-18(11)23(12-3-4-12)16-7-8-20-22-16/h1,5-9,12-13,24-25H,3-4,10H2,(H,20,22). The van der Waals surface area contributed by atoms with E-state index in [0.717, 1.165) is 23.5 Å². The van der Waals surface area contributed by atoms with Crippen LogP contribution < -0.4 is 4.90 Å². The highest BCUT2D eigenvalue weighted by molar-refractivity contribution is 7.15. The quantitative estimate of drug-likeness (QED) is 0.578. The maximum atomic E-state index is 9.79. The van der Waals surface area contributed by atoms with E-state index in [0.29, 0.717) is 28.1 Å². The largest absolute Gasteiger partial charge is 0.393 e. The number of thiophene rings is 1. The first-order chi connectivity index (χ1) is 12.7. The molecule has 0 aliphatic heterocycles. The molecule has 3 aromatic heterocycles. The first-order valence-corrected chi connectivity index (χ1v) is 9.04. The normalized spacial score (nSPS) is 14.8. The Labute approximate surface area is 154 Å². The van der Waals surface area contributed by atoms with Gasteiger partial charge in [-0.3, -0.25) is 5.10 Å². The van der Waals surface area contributed by atoms with Crippen LogP contribution in [0.25, 0.3) is 10.7 Å². The summed E-state index contributed by atoms with van der Waals surface area (Å²) in [6, 6.07) is 5.83. The number of nitrogens with one attached hydrogen (secondary N) is 1. The van der Waals surface area contributed by atoms with Gasteiger partial charge in [-0.05, 0) is 25.0 Å². The predicted molar refractivity (Wildman–Crippen MR) is 99.1 cm³/mol. The van der Waals surface area contributed by atoms with E-state index in [9.17, 15) is 5.11 Å². The van der Waals surface area contributed by atoms with Crippen LogP contribution in [0.5, 0.6) is 0 Å². The van der Waals surface area contributed by atoms with Crippen molar-refractivity contribution in [3.8, 4) is 23.0 Å². The SMILES string of the molecule is C#Cc1cnc(-c2ccc(C(O)CO)s2)nc1N(c1ccn[nH]1)C1CC1. The Morgan fingerprint density at radius 2 is 2.23 bits per heavy atom. The van der Waals surface area contributed by atoms with Crippen molar-refractivity contribution in [3.63, 3.8) is 0 Å². The third-order valence-electron chi connectivity index (χ3n) is 4.16. The second-order valence-electron chi connectivity index (χ2n) is 6.02. The van der Waals surface area contributed by atoms with Crippen LogP contribution in [0, 0.1) is 12.3 Å². The molecule has 4 rings (SSSR count). The number of H-pyrrole nitrogens is 1. The lowest BCUT2D eigenvalue weighted by atomic mass is 10.2. The molecule has 0 spiro atoms. The van der Waals surface area contributed by atoms with Gasteiger partial charge >= 0.3 is 0 Å². The summed E-state index contributed by atoms with van der Waals surface area (Å²) in [7, 11) is 0. The molecule has 1 aliphatic carbocycles. The Morgan fingerprint density at radius 3 is 2.88 bits per heavy atom. The van der Waals surface area contributed by atoms with Gasteiger partial charge in [-0.2, -0.15) is 5.10 Å². The van der Waals surface area contributed by atoms with E-state index < -0.39 is 6.10 Å². The molecule has 1 aliphatic rings. The van der Waals surface area contributed by atoms with Crippen LogP contribution in [-0.2, 0) is 0 Å². The Kier molecular flexibility index (Phi) is 4.42. The Hall–Kier alpha value is -2.73. The average molecular weight is 367 g/mol. The van der Waals surface area contributed by atoms with Gasteiger partial charge in [0.15, 0.2) is 11.6 Å². The molecule has 1 unspecified atom stereocenters. The fourth-order valence-electron chi connectivity index (χ4n) is 2.72. The fourth-order valence-corrected chi connectivity index (χ4v) is 3.64. The first kappa shape index (κ1) is 16.7. The van der Waals surface area contributed by atoms with Gasteiger partial charge in [-0.15, -0.1) is 17.8 Å². The molecule has 3 aromatic rings. The van der Waals surface area contributed by atoms with Crippen LogP contribution >= 0.6 is 11.3 Å². The fraction of sp³-hybridized carbons (Fsp3) is 0.278. The molecule has 1 atom stereocenters. The molecule has 1 fully saturated rings. The summed E-state index contributed by atoms with van der Waals surface area (Å²) in [6.45, 7) is -0.322. The van der Waals surface area contributed by atoms with Crippen LogP contribution in [0.1, 0.15) is 29.4 Å². The van der Waals surface area contributed by atoms with E-state index in [1.165, 1.54) is 11.3 Å². The lowest BCUT2D eigenvalue weighted by Crippen LogP contribution is -2.22. The van der Waals surface area contributed by atoms with Crippen molar-refractivity contribution in [1.29, 1.82) is 0 Å². The summed E-state index contributed by atoms with van der Waals surface area (Å²) in [4.78, 5) is 12.6. The molecule has 8 heteroatoms. The minimum absolute atomic E-state index is 0.322. The van der Waals surface area contributed by atoms with Gasteiger partial charge in [0, 0.05) is 23.2 Å². The van der Waals surface area contributed by atoms with E-state index in [1.807, 2.05) is 12.1 Å². The molecule has 0 saturated heterocycles. The second-order valence-corrected chi connectivity index (χ2v) is 7.13. The Bertz CT molecular complexity index is 943. The van der Waals surface area contributed by atoms with E-state index in [-0.39, 0.29) is 6.61 Å². The highest BCUT2D eigenvalue weighted by Gasteiger charge is 2.33. The van der Waals surface area contributed by atoms with E-state index in [2.05, 4.69) is 26.0 Å². The summed E-state index contributed by atoms with van der Waals surface area (Å²) < 4.78 is 0. The van der Waals surface area contributed by atoms with Crippen molar-refractivity contribution in [2.75, 3.05) is 11.5 Å². The maximum absolute atomic E-state index is 9.79. The van der Waals surface area contributed by atoms with Crippen molar-refractivity contribution >= 4 is 23.0 Å². The van der Waals surface area contributed by atoms with Gasteiger partial charge in [0.05, 0.1) is 23.2 Å². The molecule has 3 N–H and O–H groups in total. The highest BCUT2D eigenvalue weighted by atomic mass is 32.1. The Morgan fingerprint density at radius 1 is 1.38 bits per heavy atom. The number of aromatic nitrogens is 4. The summed E-state index contributed by atoms with van der Waals surface area (Å²) in [6.07, 6.45) is 10.2. The molecule has 3 heterocycles. The molecular formula is C18H17N5O2S. The van der Waals surface area contributed by atoms with Gasteiger partial charge < -0.3 is 15.1 Å². The van der Waals surface area contributed by atoms with Crippen LogP contribution in [0.3, 0.4) is 0 Å². The number of anilines is 2. The number of nitrogens with zero attached hydrogens (tertiary/aromatic N) is 4. The van der Waals surface area contributed by atoms with Gasteiger partial charge in [0.2, 0.25) is 0 Å². The molecule has 7 nitrogen and oxygen atoms in total. The number of aliphatic hydroxyl groups excluding tert-OH is 2. The predicted octanol–water partition coefficient (Wildman–Crippen LogP) is 2.24. The van der Waals surface area contributed by atoms with Crippen molar-refractivity contribution in [1.82, 2.24) is 20.2 Å². The smallest absolute Gasteiger partial charge is 0.171 e. The number of rotatable bonds is 6. The van der Waals surface area contributed by atoms with Crippen LogP contribution in [0.15, 0.2) is 30.6 Å². The third-order valence-corrected chi connectivity index (χ3v) is 5.34. The van der Waals surface area contributed by atoms with E-state index >= 15 is 0 Å². The lowest BCUT2D eigenvalue weighted by Gasteiger charge is -2.22. The van der Waals surface area contributed by atoms with Gasteiger partial charge in [-0.1, -0.05) is 5.92 Å². The van der Waals surface area contributed by atoms with Gasteiger partial charge in [-0.25, -0.2) is 9.97 Å². The minimum atomic E-state index is -0.897. The van der Waals surface area contributed by atoms with Crippen LogP contribution in [-0.4, -0.2) is 43.0 Å². The average Bonchev–Trinajstić information content (AvgIpc) is 3.14. The molecule has 26 heavy (non-hydrogen) atoms. The maximum Gasteiger partial charge on any atom is 0.171 e. The summed E-state index contributed by atoms with van der Waals surface area (Å²) in [5.74, 6) is 4.71. The number of hydrogen-bond donors (Lipinski definition) is 3. The third kappa shape index (κ3) is 3.08. The van der Waals surface area contributed by atoms with Crippen LogP contribution in [0.4, 0.5) is 11.6 Å². The van der Waals surface area contributed by atoms with E-state index in [4.69, 9.17) is 16.5 Å². The Balaban J connectivity index is 1.76. The van der Waals surface area contributed by atoms with Crippen molar-refractivity contribution < 1.29 is 10.2 Å². The van der Waals surface area contributed by atoms with Crippen molar-refractivity contribution in [2.45, 2.75) is 25.0 Å². The first-order valence-electron chi connectivity index (χ1n) is 8.22. The van der Waals surface area contributed by atoms with Gasteiger partial charge in [0.25, 0.3) is 0 Å². The molecule has 132 valence electrons. The zero-order valence-electron chi connectivity index (χ0n) is 13.8. The molecule has 0 aromatic carbocycles. The van der Waals surface area contributed by atoms with Crippen molar-refractivity contribution in [3.05, 3.63) is 41.0 Å². The zero-order valence-corrected chi connectivity index (χ0v) is 14.6. The monoisotopic (exact) mass is 367 g/mol. The topological polar surface area (TPSA) is 98.2 Å². The zero-order chi connectivity index (χ0) is 18.1. The number of aromatic amines is 1. The number of aliphatic hydroxyl groups is 2. The van der Waals surface area contributed by atoms with Gasteiger partial charge in [0.1, 0.15) is 11.9 Å². The van der Waals surface area contributed by atoms with Crippen molar-refractivity contribution in [2.24, 2.45) is 0 Å². The highest BCUT2D eigenvalue weighted by Crippen LogP contribution is 2.38. The second kappa shape index (κ2) is 6.88.